The summed E-state index contributed by atoms with van der Waals surface area (Å²) in [5.41, 5.74) is 4.55. The van der Waals surface area contributed by atoms with Crippen LogP contribution in [-0.4, -0.2) is 27.9 Å². The van der Waals surface area contributed by atoms with Crippen LogP contribution in [0.15, 0.2) is 47.4 Å². The van der Waals surface area contributed by atoms with E-state index in [1.165, 1.54) is 19.1 Å². The number of ketones is 1. The van der Waals surface area contributed by atoms with E-state index < -0.39 is 40.8 Å². The monoisotopic (exact) mass is 540 g/mol. The predicted octanol–water partition coefficient (Wildman–Crippen LogP) is 5.90. The lowest BCUT2D eigenvalue weighted by Crippen LogP contribution is -2.40. The van der Waals surface area contributed by atoms with Crippen LogP contribution in [0.5, 0.6) is 5.75 Å². The SMILES string of the molecule is CC(COc1cc(C(N)=S)ccc1C(F)(F)F)(CC(=O)c1ccc(SC(F)(F)F)cc1)C(N)=S. The largest absolute Gasteiger partial charge is 0.492 e. The third-order valence-corrected chi connectivity index (χ3v) is 6.14. The maximum Gasteiger partial charge on any atom is 0.446 e. The maximum atomic E-state index is 13.4. The molecule has 0 heterocycles. The molecule has 0 bridgehead atoms. The van der Waals surface area contributed by atoms with Gasteiger partial charge >= 0.3 is 11.7 Å². The Bertz CT molecular complexity index is 1090. The topological polar surface area (TPSA) is 78.3 Å². The summed E-state index contributed by atoms with van der Waals surface area (Å²) in [6, 6.07) is 7.61. The molecule has 0 aromatic heterocycles. The van der Waals surface area contributed by atoms with Crippen molar-refractivity contribution in [2.24, 2.45) is 16.9 Å². The van der Waals surface area contributed by atoms with Crippen LogP contribution in [0.4, 0.5) is 26.3 Å². The van der Waals surface area contributed by atoms with Crippen LogP contribution in [0.25, 0.3) is 0 Å². The molecule has 1 atom stereocenters. The molecule has 2 aromatic carbocycles. The molecule has 0 aliphatic rings. The van der Waals surface area contributed by atoms with Gasteiger partial charge in [0.25, 0.3) is 0 Å². The molecule has 34 heavy (non-hydrogen) atoms. The summed E-state index contributed by atoms with van der Waals surface area (Å²) in [5, 5.41) is 0. The zero-order valence-electron chi connectivity index (χ0n) is 17.4. The molecule has 2 aromatic rings. The van der Waals surface area contributed by atoms with Crippen molar-refractivity contribution in [3.63, 3.8) is 0 Å². The van der Waals surface area contributed by atoms with Gasteiger partial charge < -0.3 is 16.2 Å². The number of carbonyl (C=O) groups is 1. The Morgan fingerprint density at radius 3 is 2.00 bits per heavy atom. The van der Waals surface area contributed by atoms with Gasteiger partial charge in [0.1, 0.15) is 17.3 Å². The van der Waals surface area contributed by atoms with Gasteiger partial charge in [0.05, 0.1) is 16.0 Å². The minimum atomic E-state index is -4.74. The molecular weight excluding hydrogens is 522 g/mol. The molecule has 0 fully saturated rings. The summed E-state index contributed by atoms with van der Waals surface area (Å²) in [6.07, 6.45) is -5.10. The molecule has 2 rings (SSSR count). The fourth-order valence-corrected chi connectivity index (χ4v) is 3.57. The highest BCUT2D eigenvalue weighted by molar-refractivity contribution is 8.00. The zero-order chi connectivity index (χ0) is 25.9. The summed E-state index contributed by atoms with van der Waals surface area (Å²) in [5.74, 6) is -1.10. The lowest BCUT2D eigenvalue weighted by molar-refractivity contribution is -0.139. The van der Waals surface area contributed by atoms with Gasteiger partial charge in [-0.05, 0) is 43.0 Å². The molecule has 0 amide bonds. The minimum absolute atomic E-state index is 0.0838. The van der Waals surface area contributed by atoms with E-state index in [0.29, 0.717) is 0 Å². The number of halogens is 6. The van der Waals surface area contributed by atoms with Gasteiger partial charge in [0, 0.05) is 22.4 Å². The van der Waals surface area contributed by atoms with Crippen molar-refractivity contribution in [2.45, 2.75) is 29.9 Å². The van der Waals surface area contributed by atoms with Gasteiger partial charge in [-0.25, -0.2) is 0 Å². The number of benzene rings is 2. The standard InChI is InChI=1S/C21H18F6N2O2S3/c1-19(18(29)33,9-15(30)11-2-5-13(6-3-11)34-21(25,26)27)10-31-16-8-12(17(28)32)4-7-14(16)20(22,23)24/h2-8H,9-10H2,1H3,(H2,28,32)(H2,29,33). The molecule has 0 saturated heterocycles. The van der Waals surface area contributed by atoms with Crippen LogP contribution in [0, 0.1) is 5.41 Å². The molecule has 4 N–H and O–H groups in total. The Morgan fingerprint density at radius 2 is 1.53 bits per heavy atom. The predicted molar refractivity (Wildman–Crippen MR) is 125 cm³/mol. The summed E-state index contributed by atoms with van der Waals surface area (Å²) < 4.78 is 83.1. The highest BCUT2D eigenvalue weighted by atomic mass is 32.2. The molecule has 4 nitrogen and oxygen atoms in total. The van der Waals surface area contributed by atoms with Gasteiger partial charge in [-0.2, -0.15) is 26.3 Å². The molecule has 13 heteroatoms. The highest BCUT2D eigenvalue weighted by Crippen LogP contribution is 2.39. The van der Waals surface area contributed by atoms with Gasteiger partial charge in [-0.15, -0.1) is 0 Å². The second kappa shape index (κ2) is 10.5. The average molecular weight is 541 g/mol. The van der Waals surface area contributed by atoms with E-state index in [9.17, 15) is 31.1 Å². The average Bonchev–Trinajstić information content (AvgIpc) is 2.70. The van der Waals surface area contributed by atoms with E-state index in [0.717, 1.165) is 30.3 Å². The number of nitrogens with two attached hydrogens (primary N) is 2. The van der Waals surface area contributed by atoms with E-state index in [1.54, 1.807) is 0 Å². The fourth-order valence-electron chi connectivity index (χ4n) is 2.77. The molecule has 0 spiro atoms. The van der Waals surface area contributed by atoms with Crippen LogP contribution in [-0.2, 0) is 6.18 Å². The van der Waals surface area contributed by atoms with Gasteiger partial charge in [0.15, 0.2) is 5.78 Å². The van der Waals surface area contributed by atoms with E-state index in [1.807, 2.05) is 0 Å². The van der Waals surface area contributed by atoms with Crippen molar-refractivity contribution in [3.05, 3.63) is 59.2 Å². The molecule has 0 aliphatic carbocycles. The first-order chi connectivity index (χ1) is 15.5. The van der Waals surface area contributed by atoms with E-state index in [4.69, 9.17) is 40.6 Å². The van der Waals surface area contributed by atoms with Gasteiger partial charge in [-0.3, -0.25) is 4.79 Å². The first-order valence-electron chi connectivity index (χ1n) is 9.34. The van der Waals surface area contributed by atoms with Crippen molar-refractivity contribution < 1.29 is 35.9 Å². The molecular formula is C21H18F6N2O2S3. The van der Waals surface area contributed by atoms with E-state index in [-0.39, 0.29) is 44.2 Å². The number of Topliss-reactive ketones (excluding diaryl/α,β-unsaturated/α-hetero) is 1. The van der Waals surface area contributed by atoms with Crippen molar-refractivity contribution >= 4 is 52.0 Å². The van der Waals surface area contributed by atoms with Crippen molar-refractivity contribution in [1.82, 2.24) is 0 Å². The Morgan fingerprint density at radius 1 is 0.971 bits per heavy atom. The minimum Gasteiger partial charge on any atom is -0.492 e. The number of thiocarbonyl (C=S) groups is 2. The van der Waals surface area contributed by atoms with Gasteiger partial charge in [0.2, 0.25) is 0 Å². The first kappa shape index (κ1) is 27.9. The number of carbonyl (C=O) groups excluding carboxylic acids is 1. The Labute approximate surface area is 206 Å². The summed E-state index contributed by atoms with van der Waals surface area (Å²) in [7, 11) is 0. The summed E-state index contributed by atoms with van der Waals surface area (Å²) >= 11 is 9.49. The number of ether oxygens (including phenoxy) is 1. The molecule has 0 radical (unpaired) electrons. The number of thioether (sulfide) groups is 1. The van der Waals surface area contributed by atoms with Crippen LogP contribution in [0.1, 0.15) is 34.8 Å². The third-order valence-electron chi connectivity index (χ3n) is 4.67. The smallest absolute Gasteiger partial charge is 0.446 e. The number of hydrogen-bond acceptors (Lipinski definition) is 5. The van der Waals surface area contributed by atoms with Crippen molar-refractivity contribution in [3.8, 4) is 5.75 Å². The Kier molecular flexibility index (Phi) is 8.59. The van der Waals surface area contributed by atoms with E-state index in [2.05, 4.69) is 0 Å². The number of alkyl halides is 6. The summed E-state index contributed by atoms with van der Waals surface area (Å²) in [4.78, 5) is 12.3. The van der Waals surface area contributed by atoms with Crippen LogP contribution < -0.4 is 16.2 Å². The third kappa shape index (κ3) is 7.57. The second-order valence-electron chi connectivity index (χ2n) is 7.46. The molecule has 184 valence electrons. The van der Waals surface area contributed by atoms with Crippen LogP contribution in [0.3, 0.4) is 0 Å². The van der Waals surface area contributed by atoms with Crippen molar-refractivity contribution in [2.75, 3.05) is 6.61 Å². The lowest BCUT2D eigenvalue weighted by atomic mass is 9.84. The summed E-state index contributed by atoms with van der Waals surface area (Å²) in [6.45, 7) is 0.950. The number of hydrogen-bond donors (Lipinski definition) is 2. The fraction of sp³-hybridized carbons (Fsp3) is 0.286. The quantitative estimate of drug-likeness (QED) is 0.178. The highest BCUT2D eigenvalue weighted by Gasteiger charge is 2.37. The van der Waals surface area contributed by atoms with Gasteiger partial charge in [-0.1, -0.05) is 42.6 Å². The zero-order valence-corrected chi connectivity index (χ0v) is 19.9. The number of rotatable bonds is 9. The Hall–Kier alpha value is -2.38. The lowest BCUT2D eigenvalue weighted by Gasteiger charge is -2.28. The molecule has 0 aliphatic heterocycles. The Balaban J connectivity index is 2.24. The first-order valence-corrected chi connectivity index (χ1v) is 11.0. The van der Waals surface area contributed by atoms with Crippen LogP contribution >= 0.6 is 36.2 Å². The molecule has 0 saturated carbocycles. The van der Waals surface area contributed by atoms with E-state index >= 15 is 0 Å². The van der Waals surface area contributed by atoms with Crippen LogP contribution in [0.2, 0.25) is 0 Å². The molecule has 1 unspecified atom stereocenters. The maximum absolute atomic E-state index is 13.4. The van der Waals surface area contributed by atoms with Crippen molar-refractivity contribution in [1.29, 1.82) is 0 Å². The normalized spacial score (nSPS) is 13.7. The second-order valence-corrected chi connectivity index (χ2v) is 9.48.